The predicted octanol–water partition coefficient (Wildman–Crippen LogP) is 0.142. The molecule has 0 spiro atoms. The molecule has 2 aromatic heterocycles. The highest BCUT2D eigenvalue weighted by molar-refractivity contribution is 7.80. The predicted molar refractivity (Wildman–Crippen MR) is 67.6 cm³/mol. The van der Waals surface area contributed by atoms with Crippen LogP contribution >= 0.6 is 11.3 Å². The molecule has 13 heteroatoms. The SMILES string of the molecule is O=C1N2CC(c3scnc3C2c2nnco2)N1OS(=O)(=O)O. The maximum absolute atomic E-state index is 12.4. The van der Waals surface area contributed by atoms with E-state index < -0.39 is 28.5 Å². The molecule has 116 valence electrons. The lowest BCUT2D eigenvalue weighted by molar-refractivity contribution is -0.0308. The van der Waals surface area contributed by atoms with Crippen LogP contribution in [-0.2, 0) is 14.7 Å². The summed E-state index contributed by atoms with van der Waals surface area (Å²) in [6.45, 7) is 0.149. The highest BCUT2D eigenvalue weighted by Gasteiger charge is 2.53. The van der Waals surface area contributed by atoms with Gasteiger partial charge in [0.05, 0.1) is 22.6 Å². The summed E-state index contributed by atoms with van der Waals surface area (Å²) in [4.78, 5) is 18.5. The van der Waals surface area contributed by atoms with E-state index in [0.717, 1.165) is 6.39 Å². The topological polar surface area (TPSA) is 139 Å². The third kappa shape index (κ3) is 1.90. The molecule has 1 saturated heterocycles. The molecule has 2 bridgehead atoms. The first-order chi connectivity index (χ1) is 10.5. The fourth-order valence-electron chi connectivity index (χ4n) is 2.61. The number of carbonyl (C=O) groups is 1. The van der Waals surface area contributed by atoms with Gasteiger partial charge in [-0.15, -0.1) is 25.8 Å². The van der Waals surface area contributed by atoms with Crippen LogP contribution in [0.3, 0.4) is 0 Å². The third-order valence-corrected chi connectivity index (χ3v) is 4.66. The van der Waals surface area contributed by atoms with Crippen molar-refractivity contribution in [3.63, 3.8) is 0 Å². The highest BCUT2D eigenvalue weighted by atomic mass is 32.3. The molecule has 0 aromatic carbocycles. The smallest absolute Gasteiger partial charge is 0.418 e. The molecule has 11 nitrogen and oxygen atoms in total. The van der Waals surface area contributed by atoms with Gasteiger partial charge >= 0.3 is 16.4 Å². The average Bonchev–Trinajstić information content (AvgIpc) is 3.15. The van der Waals surface area contributed by atoms with Crippen molar-refractivity contribution in [2.75, 3.05) is 6.54 Å². The summed E-state index contributed by atoms with van der Waals surface area (Å²) in [5.41, 5.74) is 2.08. The molecule has 0 radical (unpaired) electrons. The number of hydrogen-bond donors (Lipinski definition) is 1. The summed E-state index contributed by atoms with van der Waals surface area (Å²) in [5.74, 6) is 0.160. The van der Waals surface area contributed by atoms with Crippen molar-refractivity contribution >= 4 is 27.8 Å². The van der Waals surface area contributed by atoms with Gasteiger partial charge in [0.2, 0.25) is 12.3 Å². The second-order valence-electron chi connectivity index (χ2n) is 4.56. The molecule has 2 aliphatic heterocycles. The van der Waals surface area contributed by atoms with Crippen molar-refractivity contribution in [2.45, 2.75) is 12.1 Å². The van der Waals surface area contributed by atoms with Gasteiger partial charge in [-0.05, 0) is 0 Å². The third-order valence-electron chi connectivity index (χ3n) is 3.37. The summed E-state index contributed by atoms with van der Waals surface area (Å²) < 4.78 is 40.3. The number of aromatic nitrogens is 3. The van der Waals surface area contributed by atoms with E-state index >= 15 is 0 Å². The number of carbonyl (C=O) groups excluding carboxylic acids is 1. The van der Waals surface area contributed by atoms with E-state index in [-0.39, 0.29) is 12.4 Å². The number of amides is 2. The number of nitrogens with zero attached hydrogens (tertiary/aromatic N) is 5. The lowest BCUT2D eigenvalue weighted by atomic mass is 10.0. The van der Waals surface area contributed by atoms with E-state index in [1.165, 1.54) is 16.2 Å². The van der Waals surface area contributed by atoms with Gasteiger partial charge in [0.1, 0.15) is 6.04 Å². The van der Waals surface area contributed by atoms with Gasteiger partial charge in [-0.3, -0.25) is 4.55 Å². The lowest BCUT2D eigenvalue weighted by Gasteiger charge is -2.26. The molecule has 1 N–H and O–H groups in total. The van der Waals surface area contributed by atoms with Crippen LogP contribution in [0.25, 0.3) is 0 Å². The van der Waals surface area contributed by atoms with Crippen LogP contribution in [0.4, 0.5) is 4.79 Å². The minimum Gasteiger partial charge on any atom is -0.425 e. The van der Waals surface area contributed by atoms with Crippen LogP contribution in [0, 0.1) is 0 Å². The van der Waals surface area contributed by atoms with Gasteiger partial charge in [0.25, 0.3) is 0 Å². The van der Waals surface area contributed by atoms with Crippen molar-refractivity contribution in [1.29, 1.82) is 0 Å². The van der Waals surface area contributed by atoms with Crippen molar-refractivity contribution < 1.29 is 26.5 Å². The van der Waals surface area contributed by atoms with E-state index in [1.807, 2.05) is 0 Å². The zero-order valence-electron chi connectivity index (χ0n) is 10.6. The minimum atomic E-state index is -4.82. The van der Waals surface area contributed by atoms with Gasteiger partial charge in [-0.25, -0.2) is 9.78 Å². The first-order valence-corrected chi connectivity index (χ1v) is 8.16. The van der Waals surface area contributed by atoms with Crippen molar-refractivity contribution in [3.05, 3.63) is 28.4 Å². The van der Waals surface area contributed by atoms with Crippen molar-refractivity contribution in [1.82, 2.24) is 25.1 Å². The molecular formula is C9H7N5O6S2. The Hall–Kier alpha value is -2.09. The Morgan fingerprint density at radius 3 is 3.00 bits per heavy atom. The molecule has 2 atom stereocenters. The molecule has 2 unspecified atom stereocenters. The highest BCUT2D eigenvalue weighted by Crippen LogP contribution is 2.47. The van der Waals surface area contributed by atoms with Crippen LogP contribution < -0.4 is 0 Å². The summed E-state index contributed by atoms with van der Waals surface area (Å²) in [5, 5.41) is 7.99. The normalized spacial score (nSPS) is 24.0. The van der Waals surface area contributed by atoms with Gasteiger partial charge in [-0.1, -0.05) is 0 Å². The molecule has 22 heavy (non-hydrogen) atoms. The van der Waals surface area contributed by atoms with Gasteiger partial charge in [-0.2, -0.15) is 13.5 Å². The van der Waals surface area contributed by atoms with Crippen LogP contribution in [0.2, 0.25) is 0 Å². The van der Waals surface area contributed by atoms with E-state index in [2.05, 4.69) is 19.5 Å². The molecule has 0 aliphatic carbocycles. The van der Waals surface area contributed by atoms with Crippen LogP contribution in [-0.4, -0.2) is 50.7 Å². The largest absolute Gasteiger partial charge is 0.425 e. The Labute approximate surface area is 127 Å². The van der Waals surface area contributed by atoms with Crippen LogP contribution in [0.15, 0.2) is 16.3 Å². The number of thiazole rings is 1. The second-order valence-corrected chi connectivity index (χ2v) is 6.45. The fourth-order valence-corrected chi connectivity index (χ4v) is 3.87. The van der Waals surface area contributed by atoms with E-state index in [0.29, 0.717) is 15.6 Å². The number of rotatable bonds is 3. The second kappa shape index (κ2) is 4.45. The van der Waals surface area contributed by atoms with Crippen molar-refractivity contribution in [3.8, 4) is 0 Å². The zero-order valence-corrected chi connectivity index (χ0v) is 12.2. The fraction of sp³-hybridized carbons (Fsp3) is 0.333. The Morgan fingerprint density at radius 2 is 2.32 bits per heavy atom. The first kappa shape index (κ1) is 13.6. The Kier molecular flexibility index (Phi) is 2.75. The molecule has 2 amide bonds. The van der Waals surface area contributed by atoms with E-state index in [4.69, 9.17) is 8.97 Å². The maximum Gasteiger partial charge on any atom is 0.418 e. The van der Waals surface area contributed by atoms with Gasteiger partial charge in [0, 0.05) is 0 Å². The average molecular weight is 345 g/mol. The minimum absolute atomic E-state index is 0.149. The molecule has 0 saturated carbocycles. The number of fused-ring (bicyclic) bond motifs is 4. The molecule has 2 aromatic rings. The summed E-state index contributed by atoms with van der Waals surface area (Å²) in [6, 6.07) is -2.14. The van der Waals surface area contributed by atoms with Crippen LogP contribution in [0.5, 0.6) is 0 Å². The molecule has 1 fully saturated rings. The molecule has 2 aliphatic rings. The quantitative estimate of drug-likeness (QED) is 0.769. The van der Waals surface area contributed by atoms with Crippen molar-refractivity contribution in [2.24, 2.45) is 0 Å². The zero-order chi connectivity index (χ0) is 15.5. The lowest BCUT2D eigenvalue weighted by Crippen LogP contribution is -2.35. The monoisotopic (exact) mass is 345 g/mol. The number of urea groups is 1. The van der Waals surface area contributed by atoms with Gasteiger partial charge in [0.15, 0.2) is 6.04 Å². The van der Waals surface area contributed by atoms with E-state index in [9.17, 15) is 13.2 Å². The Bertz CT molecular complexity index is 833. The first-order valence-electron chi connectivity index (χ1n) is 5.92. The van der Waals surface area contributed by atoms with Gasteiger partial charge < -0.3 is 9.32 Å². The summed E-state index contributed by atoms with van der Waals surface area (Å²) in [7, 11) is -4.82. The molecule has 4 rings (SSSR count). The molecular weight excluding hydrogens is 338 g/mol. The van der Waals surface area contributed by atoms with E-state index in [1.54, 1.807) is 5.51 Å². The van der Waals surface area contributed by atoms with Crippen LogP contribution in [0.1, 0.15) is 28.5 Å². The Morgan fingerprint density at radius 1 is 1.50 bits per heavy atom. The standard InChI is InChI=1S/C9H7N5O6S2/c15-9-13-1-4(14(9)20-22(16,17)18)7-5(10-3-21-7)6(13)8-12-11-2-19-8/h2-4,6H,1H2,(H,16,17,18). The molecule has 4 heterocycles. The number of hydroxylamine groups is 2. The Balaban J connectivity index is 1.82. The number of hydrogen-bond acceptors (Lipinski definition) is 9. The maximum atomic E-state index is 12.4. The summed E-state index contributed by atoms with van der Waals surface area (Å²) >= 11 is 1.24. The summed E-state index contributed by atoms with van der Waals surface area (Å²) in [6.07, 6.45) is 1.13.